The first-order valence-electron chi connectivity index (χ1n) is 8.55. The first kappa shape index (κ1) is 19.4. The normalized spacial score (nSPS) is 16.4. The topological polar surface area (TPSA) is 95.6 Å². The number of nitrogens with one attached hydrogen (secondary N) is 2. The van der Waals surface area contributed by atoms with Crippen molar-refractivity contribution in [3.8, 4) is 0 Å². The Bertz CT molecular complexity index is 710. The number of rotatable bonds is 7. The quantitative estimate of drug-likeness (QED) is 0.755. The highest BCUT2D eigenvalue weighted by atomic mass is 32.2. The van der Waals surface area contributed by atoms with E-state index in [1.165, 1.54) is 28.6 Å². The van der Waals surface area contributed by atoms with Gasteiger partial charge in [0, 0.05) is 25.2 Å². The van der Waals surface area contributed by atoms with E-state index < -0.39 is 22.0 Å². The summed E-state index contributed by atoms with van der Waals surface area (Å²) in [6, 6.07) is 5.14. The third kappa shape index (κ3) is 4.79. The molecular weight excluding hydrogens is 342 g/mol. The number of carbonyl (C=O) groups is 2. The standard InChI is InChI=1S/C17H25N3O4S/c1-3-10-18-16(21)13(2)19-17(22)14-6-8-15(9-7-14)25(23,24)20-11-4-5-12-20/h6-9,13H,3-5,10-12H2,1-2H3,(H,18,21)(H,19,22)/t13-/m0/s1. The van der Waals surface area contributed by atoms with E-state index in [-0.39, 0.29) is 10.8 Å². The van der Waals surface area contributed by atoms with Crippen LogP contribution in [0.25, 0.3) is 0 Å². The zero-order valence-corrected chi connectivity index (χ0v) is 15.4. The lowest BCUT2D eigenvalue weighted by molar-refractivity contribution is -0.122. The van der Waals surface area contributed by atoms with Gasteiger partial charge in [-0.05, 0) is 50.5 Å². The number of amides is 2. The first-order valence-corrected chi connectivity index (χ1v) is 9.99. The Balaban J connectivity index is 2.01. The summed E-state index contributed by atoms with van der Waals surface area (Å²) < 4.78 is 26.4. The van der Waals surface area contributed by atoms with E-state index >= 15 is 0 Å². The molecule has 1 aliphatic heterocycles. The van der Waals surface area contributed by atoms with Gasteiger partial charge in [0.1, 0.15) is 6.04 Å². The molecule has 1 aromatic carbocycles. The predicted molar refractivity (Wildman–Crippen MR) is 94.7 cm³/mol. The van der Waals surface area contributed by atoms with Crippen molar-refractivity contribution in [2.75, 3.05) is 19.6 Å². The second-order valence-corrected chi connectivity index (χ2v) is 8.06. The number of hydrogen-bond donors (Lipinski definition) is 2. The van der Waals surface area contributed by atoms with E-state index in [0.29, 0.717) is 25.2 Å². The Morgan fingerprint density at radius 2 is 1.76 bits per heavy atom. The third-order valence-electron chi connectivity index (χ3n) is 4.11. The molecule has 25 heavy (non-hydrogen) atoms. The monoisotopic (exact) mass is 367 g/mol. The minimum absolute atomic E-state index is 0.180. The molecule has 138 valence electrons. The molecule has 0 bridgehead atoms. The molecule has 0 aromatic heterocycles. The van der Waals surface area contributed by atoms with E-state index in [2.05, 4.69) is 10.6 Å². The average molecular weight is 367 g/mol. The lowest BCUT2D eigenvalue weighted by atomic mass is 10.2. The van der Waals surface area contributed by atoms with Crippen molar-refractivity contribution in [1.82, 2.24) is 14.9 Å². The van der Waals surface area contributed by atoms with Crippen molar-refractivity contribution < 1.29 is 18.0 Å². The summed E-state index contributed by atoms with van der Waals surface area (Å²) in [6.07, 6.45) is 2.56. The van der Waals surface area contributed by atoms with E-state index in [4.69, 9.17) is 0 Å². The minimum Gasteiger partial charge on any atom is -0.354 e. The van der Waals surface area contributed by atoms with Gasteiger partial charge >= 0.3 is 0 Å². The van der Waals surface area contributed by atoms with Crippen molar-refractivity contribution in [3.63, 3.8) is 0 Å². The lowest BCUT2D eigenvalue weighted by Crippen LogP contribution is -2.45. The molecule has 8 heteroatoms. The van der Waals surface area contributed by atoms with Crippen LogP contribution in [0, 0.1) is 0 Å². The van der Waals surface area contributed by atoms with Crippen LogP contribution in [0.4, 0.5) is 0 Å². The molecule has 1 heterocycles. The van der Waals surface area contributed by atoms with Crippen LogP contribution < -0.4 is 10.6 Å². The molecule has 2 rings (SSSR count). The maximum Gasteiger partial charge on any atom is 0.251 e. The van der Waals surface area contributed by atoms with Crippen LogP contribution in [0.2, 0.25) is 0 Å². The summed E-state index contributed by atoms with van der Waals surface area (Å²) in [4.78, 5) is 24.2. The Morgan fingerprint density at radius 1 is 1.16 bits per heavy atom. The van der Waals surface area contributed by atoms with Gasteiger partial charge in [0.25, 0.3) is 5.91 Å². The fourth-order valence-corrected chi connectivity index (χ4v) is 4.12. The van der Waals surface area contributed by atoms with Crippen molar-refractivity contribution in [1.29, 1.82) is 0 Å². The molecule has 7 nitrogen and oxygen atoms in total. The number of nitrogens with zero attached hydrogens (tertiary/aromatic N) is 1. The molecule has 0 saturated carbocycles. The fraction of sp³-hybridized carbons (Fsp3) is 0.529. The van der Waals surface area contributed by atoms with Gasteiger partial charge in [-0.1, -0.05) is 6.92 Å². The molecule has 1 atom stereocenters. The molecule has 0 aliphatic carbocycles. The van der Waals surface area contributed by atoms with Crippen LogP contribution in [-0.2, 0) is 14.8 Å². The SMILES string of the molecule is CCCNC(=O)[C@H](C)NC(=O)c1ccc(S(=O)(=O)N2CCCC2)cc1. The van der Waals surface area contributed by atoms with Crippen molar-refractivity contribution in [3.05, 3.63) is 29.8 Å². The van der Waals surface area contributed by atoms with E-state index in [1.54, 1.807) is 6.92 Å². The Morgan fingerprint density at radius 3 is 2.32 bits per heavy atom. The first-order chi connectivity index (χ1) is 11.9. The summed E-state index contributed by atoms with van der Waals surface area (Å²) in [5.74, 6) is -0.660. The number of benzene rings is 1. The van der Waals surface area contributed by atoms with Crippen LogP contribution in [0.5, 0.6) is 0 Å². The van der Waals surface area contributed by atoms with Gasteiger partial charge < -0.3 is 10.6 Å². The van der Waals surface area contributed by atoms with Crippen LogP contribution in [-0.4, -0.2) is 50.2 Å². The summed E-state index contributed by atoms with van der Waals surface area (Å²) in [5, 5.41) is 5.32. The van der Waals surface area contributed by atoms with Crippen LogP contribution in [0.15, 0.2) is 29.2 Å². The molecule has 0 unspecified atom stereocenters. The molecule has 2 amide bonds. The number of hydrogen-bond acceptors (Lipinski definition) is 4. The van der Waals surface area contributed by atoms with Gasteiger partial charge in [-0.15, -0.1) is 0 Å². The zero-order valence-electron chi connectivity index (χ0n) is 14.6. The molecule has 0 radical (unpaired) electrons. The molecule has 1 fully saturated rings. The molecule has 2 N–H and O–H groups in total. The summed E-state index contributed by atoms with van der Waals surface area (Å²) in [6.45, 7) is 5.18. The van der Waals surface area contributed by atoms with Gasteiger partial charge in [0.2, 0.25) is 15.9 Å². The summed E-state index contributed by atoms with van der Waals surface area (Å²) in [5.41, 5.74) is 0.315. The highest BCUT2D eigenvalue weighted by Gasteiger charge is 2.27. The van der Waals surface area contributed by atoms with Crippen LogP contribution in [0.1, 0.15) is 43.5 Å². The third-order valence-corrected chi connectivity index (χ3v) is 6.02. The van der Waals surface area contributed by atoms with E-state index in [0.717, 1.165) is 19.3 Å². The largest absolute Gasteiger partial charge is 0.354 e. The average Bonchev–Trinajstić information content (AvgIpc) is 3.15. The van der Waals surface area contributed by atoms with E-state index in [1.807, 2.05) is 6.92 Å². The van der Waals surface area contributed by atoms with Crippen molar-refractivity contribution in [2.24, 2.45) is 0 Å². The molecular formula is C17H25N3O4S. The van der Waals surface area contributed by atoms with Gasteiger partial charge in [-0.25, -0.2) is 8.42 Å². The maximum atomic E-state index is 12.5. The van der Waals surface area contributed by atoms with Gasteiger partial charge in [-0.3, -0.25) is 9.59 Å². The molecule has 1 aromatic rings. The van der Waals surface area contributed by atoms with Gasteiger partial charge in [0.15, 0.2) is 0 Å². The van der Waals surface area contributed by atoms with Gasteiger partial charge in [-0.2, -0.15) is 4.31 Å². The van der Waals surface area contributed by atoms with Crippen molar-refractivity contribution in [2.45, 2.75) is 44.0 Å². The summed E-state index contributed by atoms with van der Waals surface area (Å²) >= 11 is 0. The highest BCUT2D eigenvalue weighted by molar-refractivity contribution is 7.89. The summed E-state index contributed by atoms with van der Waals surface area (Å²) in [7, 11) is -3.49. The number of carbonyl (C=O) groups excluding carboxylic acids is 2. The van der Waals surface area contributed by atoms with Crippen LogP contribution in [0.3, 0.4) is 0 Å². The van der Waals surface area contributed by atoms with Gasteiger partial charge in [0.05, 0.1) is 4.90 Å². The Kier molecular flexibility index (Phi) is 6.55. The van der Waals surface area contributed by atoms with Crippen LogP contribution >= 0.6 is 0 Å². The van der Waals surface area contributed by atoms with E-state index in [9.17, 15) is 18.0 Å². The highest BCUT2D eigenvalue weighted by Crippen LogP contribution is 2.21. The molecule has 1 aliphatic rings. The molecule has 1 saturated heterocycles. The second kappa shape index (κ2) is 8.44. The number of sulfonamides is 1. The fourth-order valence-electron chi connectivity index (χ4n) is 2.60. The maximum absolute atomic E-state index is 12.5. The smallest absolute Gasteiger partial charge is 0.251 e. The predicted octanol–water partition coefficient (Wildman–Crippen LogP) is 1.12. The molecule has 0 spiro atoms. The Labute approximate surface area is 148 Å². The zero-order chi connectivity index (χ0) is 18.4. The minimum atomic E-state index is -3.49. The Hall–Kier alpha value is -1.93. The van der Waals surface area contributed by atoms with Crippen molar-refractivity contribution >= 4 is 21.8 Å². The second-order valence-electron chi connectivity index (χ2n) is 6.12. The lowest BCUT2D eigenvalue weighted by Gasteiger charge is -2.16.